The lowest BCUT2D eigenvalue weighted by Crippen LogP contribution is -2.18. The molecule has 0 bridgehead atoms. The number of amides is 1. The van der Waals surface area contributed by atoms with Crippen LogP contribution in [0.15, 0.2) is 47.3 Å². The first-order valence-electron chi connectivity index (χ1n) is 6.29. The molecule has 0 unspecified atom stereocenters. The minimum absolute atomic E-state index is 0.245. The molecule has 20 heavy (non-hydrogen) atoms. The second-order valence-electron chi connectivity index (χ2n) is 4.82. The second-order valence-corrected chi connectivity index (χ2v) is 4.82. The molecule has 0 aliphatic heterocycles. The van der Waals surface area contributed by atoms with E-state index in [1.807, 2.05) is 38.4 Å². The Hall–Kier alpha value is -2.40. The van der Waals surface area contributed by atoms with E-state index in [1.165, 1.54) is 11.6 Å². The molecule has 1 amide bonds. The van der Waals surface area contributed by atoms with Crippen LogP contribution in [0.4, 0.5) is 5.69 Å². The van der Waals surface area contributed by atoms with Gasteiger partial charge in [-0.2, -0.15) is 0 Å². The van der Waals surface area contributed by atoms with Crippen molar-refractivity contribution in [3.05, 3.63) is 64.1 Å². The molecule has 1 heterocycles. The molecule has 0 spiro atoms. The van der Waals surface area contributed by atoms with Gasteiger partial charge in [-0.05, 0) is 37.9 Å². The predicted octanol–water partition coefficient (Wildman–Crippen LogP) is 1.69. The first-order chi connectivity index (χ1) is 9.54. The van der Waals surface area contributed by atoms with Crippen LogP contribution in [-0.2, 0) is 6.54 Å². The third-order valence-electron chi connectivity index (χ3n) is 2.72. The normalized spacial score (nSPS) is 10.6. The Morgan fingerprint density at radius 3 is 2.45 bits per heavy atom. The van der Waals surface area contributed by atoms with Crippen LogP contribution in [0, 0.1) is 0 Å². The van der Waals surface area contributed by atoms with E-state index >= 15 is 0 Å². The summed E-state index contributed by atoms with van der Waals surface area (Å²) in [5.74, 6) is -0.331. The standard InChI is InChI=1S/C15H17N3O2/c1-18(2)10-11-6-8-12(9-7-11)16-15(20)13-4-3-5-14(19)17-13/h3-9H,10H2,1-2H3,(H,16,20)(H,17,19). The molecule has 5 heteroatoms. The quantitative estimate of drug-likeness (QED) is 0.889. The van der Waals surface area contributed by atoms with Gasteiger partial charge in [0.25, 0.3) is 5.91 Å². The van der Waals surface area contributed by atoms with Gasteiger partial charge < -0.3 is 15.2 Å². The Bertz CT molecular complexity index is 645. The molecule has 2 N–H and O–H groups in total. The van der Waals surface area contributed by atoms with Gasteiger partial charge in [0, 0.05) is 18.3 Å². The number of pyridine rings is 1. The van der Waals surface area contributed by atoms with Crippen LogP contribution in [0.3, 0.4) is 0 Å². The average molecular weight is 271 g/mol. The van der Waals surface area contributed by atoms with Crippen molar-refractivity contribution in [3.8, 4) is 0 Å². The van der Waals surface area contributed by atoms with Gasteiger partial charge in [-0.1, -0.05) is 18.2 Å². The Labute approximate surface area is 117 Å². The zero-order chi connectivity index (χ0) is 14.5. The number of hydrogen-bond acceptors (Lipinski definition) is 3. The van der Waals surface area contributed by atoms with Gasteiger partial charge in [0.1, 0.15) is 5.69 Å². The van der Waals surface area contributed by atoms with E-state index < -0.39 is 0 Å². The summed E-state index contributed by atoms with van der Waals surface area (Å²) in [4.78, 5) is 27.7. The van der Waals surface area contributed by atoms with E-state index in [9.17, 15) is 9.59 Å². The number of carbonyl (C=O) groups excluding carboxylic acids is 1. The van der Waals surface area contributed by atoms with Crippen LogP contribution < -0.4 is 10.9 Å². The number of carbonyl (C=O) groups is 1. The first-order valence-corrected chi connectivity index (χ1v) is 6.29. The van der Waals surface area contributed by atoms with Crippen LogP contribution in [-0.4, -0.2) is 29.9 Å². The fraction of sp³-hybridized carbons (Fsp3) is 0.200. The van der Waals surface area contributed by atoms with Crippen LogP contribution in [0.2, 0.25) is 0 Å². The zero-order valence-corrected chi connectivity index (χ0v) is 11.5. The van der Waals surface area contributed by atoms with Crippen LogP contribution >= 0.6 is 0 Å². The monoisotopic (exact) mass is 271 g/mol. The summed E-state index contributed by atoms with van der Waals surface area (Å²) in [6, 6.07) is 12.1. The van der Waals surface area contributed by atoms with E-state index in [0.717, 1.165) is 6.54 Å². The third-order valence-corrected chi connectivity index (χ3v) is 2.72. The summed E-state index contributed by atoms with van der Waals surface area (Å²) in [5, 5.41) is 2.74. The molecule has 1 aromatic heterocycles. The molecule has 104 valence electrons. The minimum atomic E-state index is -0.331. The maximum absolute atomic E-state index is 11.9. The second kappa shape index (κ2) is 6.16. The van der Waals surface area contributed by atoms with E-state index in [1.54, 1.807) is 12.1 Å². The maximum atomic E-state index is 11.9. The SMILES string of the molecule is CN(C)Cc1ccc(NC(=O)c2cccc(=O)[nH]2)cc1. The Balaban J connectivity index is 2.06. The molecule has 0 radical (unpaired) electrons. The summed E-state index contributed by atoms with van der Waals surface area (Å²) < 4.78 is 0. The molecule has 2 rings (SSSR count). The van der Waals surface area contributed by atoms with Crippen molar-refractivity contribution in [3.63, 3.8) is 0 Å². The summed E-state index contributed by atoms with van der Waals surface area (Å²) in [5.41, 5.74) is 1.82. The fourth-order valence-electron chi connectivity index (χ4n) is 1.84. The molecular weight excluding hydrogens is 254 g/mol. The van der Waals surface area contributed by atoms with Crippen LogP contribution in [0.5, 0.6) is 0 Å². The average Bonchev–Trinajstić information content (AvgIpc) is 2.40. The predicted molar refractivity (Wildman–Crippen MR) is 78.8 cm³/mol. The van der Waals surface area contributed by atoms with Gasteiger partial charge in [0.15, 0.2) is 0 Å². The largest absolute Gasteiger partial charge is 0.321 e. The molecule has 0 saturated carbocycles. The van der Waals surface area contributed by atoms with Crippen molar-refractivity contribution in [1.29, 1.82) is 0 Å². The minimum Gasteiger partial charge on any atom is -0.321 e. The van der Waals surface area contributed by atoms with Crippen molar-refractivity contribution in [2.45, 2.75) is 6.54 Å². The highest BCUT2D eigenvalue weighted by Crippen LogP contribution is 2.11. The summed E-state index contributed by atoms with van der Waals surface area (Å²) in [7, 11) is 4.00. The first kappa shape index (κ1) is 14.0. The molecule has 1 aromatic carbocycles. The smallest absolute Gasteiger partial charge is 0.272 e. The van der Waals surface area contributed by atoms with E-state index in [4.69, 9.17) is 0 Å². The number of hydrogen-bond donors (Lipinski definition) is 2. The van der Waals surface area contributed by atoms with E-state index in [2.05, 4.69) is 15.2 Å². The van der Waals surface area contributed by atoms with Gasteiger partial charge >= 0.3 is 0 Å². The molecule has 0 atom stereocenters. The number of benzene rings is 1. The number of anilines is 1. The van der Waals surface area contributed by atoms with Gasteiger partial charge in [0.05, 0.1) is 0 Å². The highest BCUT2D eigenvalue weighted by molar-refractivity contribution is 6.02. The Morgan fingerprint density at radius 2 is 1.85 bits per heavy atom. The summed E-state index contributed by atoms with van der Waals surface area (Å²) in [6.45, 7) is 0.847. The topological polar surface area (TPSA) is 65.2 Å². The molecule has 0 aliphatic carbocycles. The number of H-pyrrole nitrogens is 1. The summed E-state index contributed by atoms with van der Waals surface area (Å²) >= 11 is 0. The lowest BCUT2D eigenvalue weighted by molar-refractivity contribution is 0.102. The van der Waals surface area contributed by atoms with Gasteiger partial charge in [-0.3, -0.25) is 9.59 Å². The fourth-order valence-corrected chi connectivity index (χ4v) is 1.84. The van der Waals surface area contributed by atoms with Crippen molar-refractivity contribution >= 4 is 11.6 Å². The molecule has 2 aromatic rings. The molecule has 0 saturated heterocycles. The lowest BCUT2D eigenvalue weighted by Gasteiger charge is -2.10. The van der Waals surface area contributed by atoms with Crippen molar-refractivity contribution in [1.82, 2.24) is 9.88 Å². The van der Waals surface area contributed by atoms with E-state index in [-0.39, 0.29) is 17.2 Å². The van der Waals surface area contributed by atoms with Crippen molar-refractivity contribution in [2.75, 3.05) is 19.4 Å². The van der Waals surface area contributed by atoms with Gasteiger partial charge in [-0.15, -0.1) is 0 Å². The Kier molecular flexibility index (Phi) is 4.32. The lowest BCUT2D eigenvalue weighted by atomic mass is 10.2. The number of nitrogens with one attached hydrogen (secondary N) is 2. The van der Waals surface area contributed by atoms with Crippen molar-refractivity contribution in [2.24, 2.45) is 0 Å². The summed E-state index contributed by atoms with van der Waals surface area (Å²) in [6.07, 6.45) is 0. The molecule has 0 fully saturated rings. The van der Waals surface area contributed by atoms with Gasteiger partial charge in [-0.25, -0.2) is 0 Å². The highest BCUT2D eigenvalue weighted by Gasteiger charge is 2.06. The molecular formula is C15H17N3O2. The number of rotatable bonds is 4. The van der Waals surface area contributed by atoms with Crippen LogP contribution in [0.1, 0.15) is 16.1 Å². The molecule has 0 aliphatic rings. The number of aromatic nitrogens is 1. The highest BCUT2D eigenvalue weighted by atomic mass is 16.2. The van der Waals surface area contributed by atoms with Crippen molar-refractivity contribution < 1.29 is 4.79 Å². The Morgan fingerprint density at radius 1 is 1.15 bits per heavy atom. The van der Waals surface area contributed by atoms with Gasteiger partial charge in [0.2, 0.25) is 5.56 Å². The third kappa shape index (κ3) is 3.80. The van der Waals surface area contributed by atoms with Crippen LogP contribution in [0.25, 0.3) is 0 Å². The number of aromatic amines is 1. The van der Waals surface area contributed by atoms with E-state index in [0.29, 0.717) is 5.69 Å². The maximum Gasteiger partial charge on any atom is 0.272 e. The zero-order valence-electron chi connectivity index (χ0n) is 11.5. The number of nitrogens with zero attached hydrogens (tertiary/aromatic N) is 1. The molecule has 5 nitrogen and oxygen atoms in total.